The van der Waals surface area contributed by atoms with Crippen LogP contribution in [0.3, 0.4) is 0 Å². The number of hydrogen-bond acceptors (Lipinski definition) is 5. The van der Waals surface area contributed by atoms with Crippen LogP contribution in [0.2, 0.25) is 0 Å². The first kappa shape index (κ1) is 22.1. The summed E-state index contributed by atoms with van der Waals surface area (Å²) in [5.41, 5.74) is 1.24. The van der Waals surface area contributed by atoms with Gasteiger partial charge in [0.05, 0.1) is 17.6 Å². The minimum Gasteiger partial charge on any atom is -0.496 e. The van der Waals surface area contributed by atoms with E-state index in [-0.39, 0.29) is 22.3 Å². The molecule has 2 aliphatic rings. The number of hydrogen-bond donors (Lipinski definition) is 2. The van der Waals surface area contributed by atoms with Crippen molar-refractivity contribution >= 4 is 15.9 Å². The van der Waals surface area contributed by atoms with Gasteiger partial charge in [0.15, 0.2) is 0 Å². The SMILES string of the molecule is COc1c(C(C)C)cc(S(N)(=O)=O)c(C)c1C(=O)NCC1CCCN1CC1CC1. The summed E-state index contributed by atoms with van der Waals surface area (Å²) in [7, 11) is -2.46. The number of likely N-dealkylation sites (tertiary alicyclic amines) is 1. The second-order valence-corrected chi connectivity index (χ2v) is 10.2. The number of nitrogens with two attached hydrogens (primary N) is 1. The Morgan fingerprint density at radius 1 is 1.34 bits per heavy atom. The van der Waals surface area contributed by atoms with E-state index in [0.717, 1.165) is 31.8 Å². The van der Waals surface area contributed by atoms with Crippen molar-refractivity contribution in [3.63, 3.8) is 0 Å². The number of carbonyl (C=O) groups is 1. The third-order valence-corrected chi connectivity index (χ3v) is 7.10. The fourth-order valence-corrected chi connectivity index (χ4v) is 5.09. The van der Waals surface area contributed by atoms with Crippen LogP contribution in [0, 0.1) is 12.8 Å². The zero-order valence-electron chi connectivity index (χ0n) is 17.8. The van der Waals surface area contributed by atoms with E-state index in [1.807, 2.05) is 13.8 Å². The van der Waals surface area contributed by atoms with Gasteiger partial charge in [0.25, 0.3) is 5.91 Å². The summed E-state index contributed by atoms with van der Waals surface area (Å²) in [5.74, 6) is 0.892. The molecule has 1 atom stereocenters. The lowest BCUT2D eigenvalue weighted by molar-refractivity contribution is 0.0936. The van der Waals surface area contributed by atoms with Gasteiger partial charge in [-0.05, 0) is 68.2 Å². The Morgan fingerprint density at radius 3 is 2.59 bits per heavy atom. The van der Waals surface area contributed by atoms with Crippen molar-refractivity contribution in [1.29, 1.82) is 0 Å². The smallest absolute Gasteiger partial charge is 0.255 e. The van der Waals surface area contributed by atoms with Gasteiger partial charge >= 0.3 is 0 Å². The van der Waals surface area contributed by atoms with E-state index in [9.17, 15) is 13.2 Å². The third-order valence-electron chi connectivity index (χ3n) is 6.07. The van der Waals surface area contributed by atoms with Gasteiger partial charge in [-0.1, -0.05) is 13.8 Å². The average Bonchev–Trinajstić information content (AvgIpc) is 3.34. The maximum absolute atomic E-state index is 13.2. The molecule has 1 aromatic carbocycles. The van der Waals surface area contributed by atoms with Gasteiger partial charge in [-0.3, -0.25) is 9.69 Å². The molecule has 0 radical (unpaired) electrons. The zero-order valence-corrected chi connectivity index (χ0v) is 18.6. The van der Waals surface area contributed by atoms with Crippen LogP contribution in [-0.2, 0) is 10.0 Å². The lowest BCUT2D eigenvalue weighted by atomic mass is 9.95. The van der Waals surface area contributed by atoms with Crippen molar-refractivity contribution in [2.24, 2.45) is 11.1 Å². The van der Waals surface area contributed by atoms with E-state index in [1.54, 1.807) is 6.92 Å². The Kier molecular flexibility index (Phi) is 6.55. The lowest BCUT2D eigenvalue weighted by Gasteiger charge is -2.25. The van der Waals surface area contributed by atoms with Crippen LogP contribution in [-0.4, -0.2) is 52.0 Å². The largest absolute Gasteiger partial charge is 0.496 e. The molecule has 1 saturated heterocycles. The number of carbonyl (C=O) groups excluding carboxylic acids is 1. The van der Waals surface area contributed by atoms with Crippen molar-refractivity contribution < 1.29 is 17.9 Å². The Labute approximate surface area is 174 Å². The predicted octanol–water partition coefficient (Wildman–Crippen LogP) is 2.38. The number of methoxy groups -OCH3 is 1. The number of nitrogens with one attached hydrogen (secondary N) is 1. The molecule has 1 heterocycles. The number of benzene rings is 1. The van der Waals surface area contributed by atoms with Gasteiger partial charge in [0.2, 0.25) is 10.0 Å². The summed E-state index contributed by atoms with van der Waals surface area (Å²) >= 11 is 0. The highest BCUT2D eigenvalue weighted by molar-refractivity contribution is 7.89. The highest BCUT2D eigenvalue weighted by atomic mass is 32.2. The summed E-state index contributed by atoms with van der Waals surface area (Å²) in [5, 5.41) is 8.45. The fourth-order valence-electron chi connectivity index (χ4n) is 4.27. The van der Waals surface area contributed by atoms with Gasteiger partial charge < -0.3 is 10.1 Å². The molecule has 2 fully saturated rings. The molecule has 7 nitrogen and oxygen atoms in total. The van der Waals surface area contributed by atoms with Crippen molar-refractivity contribution in [1.82, 2.24) is 10.2 Å². The van der Waals surface area contributed by atoms with Gasteiger partial charge in [0, 0.05) is 19.1 Å². The molecular formula is C21H33N3O4S. The Bertz CT molecular complexity index is 878. The lowest BCUT2D eigenvalue weighted by Crippen LogP contribution is -2.41. The van der Waals surface area contributed by atoms with Crippen molar-refractivity contribution in [2.75, 3.05) is 26.7 Å². The number of nitrogens with zero attached hydrogens (tertiary/aromatic N) is 1. The van der Waals surface area contributed by atoms with Crippen LogP contribution < -0.4 is 15.2 Å². The summed E-state index contributed by atoms with van der Waals surface area (Å²) in [6, 6.07) is 1.86. The number of ether oxygens (including phenoxy) is 1. The molecule has 1 amide bonds. The molecule has 8 heteroatoms. The minimum atomic E-state index is -3.96. The third kappa shape index (κ3) is 4.92. The molecule has 0 bridgehead atoms. The van der Waals surface area contributed by atoms with Crippen molar-refractivity contribution in [2.45, 2.75) is 63.3 Å². The van der Waals surface area contributed by atoms with E-state index in [0.29, 0.717) is 29.5 Å². The summed E-state index contributed by atoms with van der Waals surface area (Å²) in [6.45, 7) is 8.20. The Morgan fingerprint density at radius 2 is 2.03 bits per heavy atom. The second-order valence-electron chi connectivity index (χ2n) is 8.64. The molecule has 3 rings (SSSR count). The van der Waals surface area contributed by atoms with Gasteiger partial charge in [0.1, 0.15) is 5.75 Å². The van der Waals surface area contributed by atoms with Crippen LogP contribution in [0.4, 0.5) is 0 Å². The van der Waals surface area contributed by atoms with Crippen molar-refractivity contribution in [3.8, 4) is 5.75 Å². The zero-order chi connectivity index (χ0) is 21.3. The number of sulfonamides is 1. The van der Waals surface area contributed by atoms with Crippen LogP contribution in [0.1, 0.15) is 66.9 Å². The molecule has 0 aromatic heterocycles. The van der Waals surface area contributed by atoms with E-state index >= 15 is 0 Å². The first-order valence-corrected chi connectivity index (χ1v) is 11.9. The van der Waals surface area contributed by atoms with Crippen LogP contribution in [0.15, 0.2) is 11.0 Å². The molecule has 1 aliphatic carbocycles. The minimum absolute atomic E-state index is 0.0247. The van der Waals surface area contributed by atoms with Crippen LogP contribution in [0.25, 0.3) is 0 Å². The number of amides is 1. The van der Waals surface area contributed by atoms with Crippen LogP contribution >= 0.6 is 0 Å². The van der Waals surface area contributed by atoms with Crippen molar-refractivity contribution in [3.05, 3.63) is 22.8 Å². The Balaban J connectivity index is 1.87. The highest BCUT2D eigenvalue weighted by Crippen LogP contribution is 2.36. The second kappa shape index (κ2) is 8.62. The maximum atomic E-state index is 13.2. The summed E-state index contributed by atoms with van der Waals surface area (Å²) in [4.78, 5) is 15.6. The van der Waals surface area contributed by atoms with E-state index in [1.165, 1.54) is 26.0 Å². The first-order chi connectivity index (χ1) is 13.6. The number of primary sulfonamides is 1. The van der Waals surface area contributed by atoms with Gasteiger partial charge in [-0.25, -0.2) is 13.6 Å². The normalized spacial score (nSPS) is 20.3. The van der Waals surface area contributed by atoms with Crippen LogP contribution in [0.5, 0.6) is 5.75 Å². The molecular weight excluding hydrogens is 390 g/mol. The first-order valence-electron chi connectivity index (χ1n) is 10.4. The summed E-state index contributed by atoms with van der Waals surface area (Å²) < 4.78 is 29.8. The molecule has 1 aliphatic heterocycles. The predicted molar refractivity (Wildman–Crippen MR) is 113 cm³/mol. The molecule has 3 N–H and O–H groups in total. The standard InChI is InChI=1S/C21H33N3O4S/c1-13(2)17-10-18(29(22,26)27)14(3)19(20(17)28-4)21(25)23-11-16-6-5-9-24(16)12-15-7-8-15/h10,13,15-16H,5-9,11-12H2,1-4H3,(H,23,25)(H2,22,26,27). The molecule has 29 heavy (non-hydrogen) atoms. The van der Waals surface area contributed by atoms with Gasteiger partial charge in [-0.2, -0.15) is 0 Å². The van der Waals surface area contributed by atoms with Gasteiger partial charge in [-0.15, -0.1) is 0 Å². The highest BCUT2D eigenvalue weighted by Gasteiger charge is 2.32. The van der Waals surface area contributed by atoms with E-state index in [2.05, 4.69) is 10.2 Å². The molecule has 0 spiro atoms. The summed E-state index contributed by atoms with van der Waals surface area (Å²) in [6.07, 6.45) is 4.83. The number of rotatable bonds is 8. The fraction of sp³-hybridized carbons (Fsp3) is 0.667. The van der Waals surface area contributed by atoms with E-state index < -0.39 is 10.0 Å². The van der Waals surface area contributed by atoms with E-state index in [4.69, 9.17) is 9.88 Å². The molecule has 1 saturated carbocycles. The quantitative estimate of drug-likeness (QED) is 0.668. The average molecular weight is 424 g/mol. The molecule has 1 aromatic rings. The topological polar surface area (TPSA) is 102 Å². The molecule has 1 unspecified atom stereocenters. The monoisotopic (exact) mass is 423 g/mol. The molecule has 162 valence electrons. The maximum Gasteiger partial charge on any atom is 0.255 e. The Hall–Kier alpha value is -1.64.